The molecule has 0 unspecified atom stereocenters. The number of amides is 2. The van der Waals surface area contributed by atoms with Crippen LogP contribution in [0.1, 0.15) is 55.4 Å². The molecule has 3 aromatic rings. The topological polar surface area (TPSA) is 86.8 Å². The standard InChI is InChI=1S/C32H38F3N3O4S/c1-5-7-19-36-31(40)29(6-2)37(21-25-12-9-8-11-24(25)4)30(39)22-38(27-14-10-13-26(20-27)32(33,34)35)43(41,42)28-17-15-23(3)16-18-28/h8-18,20,29H,5-7,19,21-22H2,1-4H3,(H,36,40)/t29-/m1/s1. The molecule has 0 heterocycles. The van der Waals surface area contributed by atoms with Crippen molar-refractivity contribution in [2.24, 2.45) is 0 Å². The number of anilines is 1. The zero-order chi connectivity index (χ0) is 31.8. The molecular formula is C32H38F3N3O4S. The number of sulfonamides is 1. The van der Waals surface area contributed by atoms with Crippen LogP contribution in [0.5, 0.6) is 0 Å². The molecule has 0 radical (unpaired) electrons. The third-order valence-electron chi connectivity index (χ3n) is 7.17. The molecule has 1 N–H and O–H groups in total. The first-order chi connectivity index (χ1) is 20.3. The summed E-state index contributed by atoms with van der Waals surface area (Å²) in [6.07, 6.45) is -2.90. The first kappa shape index (κ1) is 33.6. The minimum absolute atomic E-state index is 0.00617. The van der Waals surface area contributed by atoms with E-state index in [2.05, 4.69) is 5.32 Å². The van der Waals surface area contributed by atoms with Crippen LogP contribution in [-0.4, -0.2) is 44.3 Å². The number of nitrogens with one attached hydrogen (secondary N) is 1. The van der Waals surface area contributed by atoms with Crippen molar-refractivity contribution in [2.45, 2.75) is 70.6 Å². The second kappa shape index (κ2) is 14.5. The van der Waals surface area contributed by atoms with Crippen LogP contribution in [0.2, 0.25) is 0 Å². The van der Waals surface area contributed by atoms with Gasteiger partial charge in [0.15, 0.2) is 0 Å². The molecule has 232 valence electrons. The Kier molecular flexibility index (Phi) is 11.4. The normalized spacial score (nSPS) is 12.4. The summed E-state index contributed by atoms with van der Waals surface area (Å²) in [5, 5.41) is 2.85. The van der Waals surface area contributed by atoms with Gasteiger partial charge in [0.1, 0.15) is 12.6 Å². The van der Waals surface area contributed by atoms with E-state index >= 15 is 0 Å². The van der Waals surface area contributed by atoms with Gasteiger partial charge in [-0.1, -0.05) is 68.3 Å². The number of rotatable bonds is 13. The number of hydrogen-bond acceptors (Lipinski definition) is 4. The number of benzene rings is 3. The summed E-state index contributed by atoms with van der Waals surface area (Å²) in [4.78, 5) is 28.5. The molecule has 0 aromatic heterocycles. The lowest BCUT2D eigenvalue weighted by Crippen LogP contribution is -2.52. The van der Waals surface area contributed by atoms with E-state index in [0.717, 1.165) is 41.7 Å². The first-order valence-corrected chi connectivity index (χ1v) is 15.6. The van der Waals surface area contributed by atoms with Crippen LogP contribution in [0.25, 0.3) is 0 Å². The summed E-state index contributed by atoms with van der Waals surface area (Å²) in [6, 6.07) is 16.0. The number of halogens is 3. The van der Waals surface area contributed by atoms with Crippen molar-refractivity contribution < 1.29 is 31.2 Å². The third kappa shape index (κ3) is 8.59. The van der Waals surface area contributed by atoms with E-state index in [1.54, 1.807) is 32.0 Å². The molecule has 0 aliphatic carbocycles. The van der Waals surface area contributed by atoms with Gasteiger partial charge in [-0.15, -0.1) is 0 Å². The molecular weight excluding hydrogens is 579 g/mol. The maximum Gasteiger partial charge on any atom is 0.416 e. The smallest absolute Gasteiger partial charge is 0.354 e. The van der Waals surface area contributed by atoms with Gasteiger partial charge in [-0.3, -0.25) is 13.9 Å². The van der Waals surface area contributed by atoms with E-state index in [0.29, 0.717) is 16.9 Å². The molecule has 3 rings (SSSR count). The van der Waals surface area contributed by atoms with Crippen molar-refractivity contribution in [3.05, 3.63) is 95.1 Å². The fraction of sp³-hybridized carbons (Fsp3) is 0.375. The van der Waals surface area contributed by atoms with Gasteiger partial charge in [0.25, 0.3) is 10.0 Å². The van der Waals surface area contributed by atoms with Gasteiger partial charge >= 0.3 is 6.18 Å². The van der Waals surface area contributed by atoms with Crippen LogP contribution in [0.4, 0.5) is 18.9 Å². The van der Waals surface area contributed by atoms with Gasteiger partial charge in [0, 0.05) is 13.1 Å². The van der Waals surface area contributed by atoms with Crippen LogP contribution in [0.3, 0.4) is 0 Å². The van der Waals surface area contributed by atoms with Gasteiger partial charge in [0.2, 0.25) is 11.8 Å². The second-order valence-electron chi connectivity index (χ2n) is 10.4. The Morgan fingerprint density at radius 3 is 2.21 bits per heavy atom. The van der Waals surface area contributed by atoms with Crippen LogP contribution >= 0.6 is 0 Å². The van der Waals surface area contributed by atoms with E-state index in [1.165, 1.54) is 23.1 Å². The minimum Gasteiger partial charge on any atom is -0.354 e. The van der Waals surface area contributed by atoms with Gasteiger partial charge in [-0.05, 0) is 68.1 Å². The highest BCUT2D eigenvalue weighted by molar-refractivity contribution is 7.92. The van der Waals surface area contributed by atoms with E-state index in [4.69, 9.17) is 0 Å². The molecule has 0 spiro atoms. The van der Waals surface area contributed by atoms with Crippen molar-refractivity contribution >= 4 is 27.5 Å². The van der Waals surface area contributed by atoms with E-state index < -0.39 is 40.3 Å². The number of unbranched alkanes of at least 4 members (excludes halogenated alkanes) is 1. The van der Waals surface area contributed by atoms with Crippen molar-refractivity contribution in [3.63, 3.8) is 0 Å². The molecule has 0 bridgehead atoms. The zero-order valence-corrected chi connectivity index (χ0v) is 25.6. The van der Waals surface area contributed by atoms with Crippen LogP contribution in [0.15, 0.2) is 77.7 Å². The molecule has 1 atom stereocenters. The summed E-state index contributed by atoms with van der Waals surface area (Å²) in [5.41, 5.74) is 1.02. The van der Waals surface area contributed by atoms with Crippen molar-refractivity contribution in [3.8, 4) is 0 Å². The minimum atomic E-state index is -4.74. The zero-order valence-electron chi connectivity index (χ0n) is 24.8. The quantitative estimate of drug-likeness (QED) is 0.230. The van der Waals surface area contributed by atoms with Gasteiger partial charge in [0.05, 0.1) is 16.1 Å². The molecule has 0 saturated heterocycles. The van der Waals surface area contributed by atoms with E-state index in [-0.39, 0.29) is 29.5 Å². The molecule has 0 fully saturated rings. The highest BCUT2D eigenvalue weighted by atomic mass is 32.2. The largest absolute Gasteiger partial charge is 0.416 e. The lowest BCUT2D eigenvalue weighted by molar-refractivity contribution is -0.140. The highest BCUT2D eigenvalue weighted by Gasteiger charge is 2.36. The molecule has 0 saturated carbocycles. The number of hydrogen-bond donors (Lipinski definition) is 1. The summed E-state index contributed by atoms with van der Waals surface area (Å²) in [7, 11) is -4.50. The van der Waals surface area contributed by atoms with Gasteiger partial charge in [-0.2, -0.15) is 13.2 Å². The fourth-order valence-corrected chi connectivity index (χ4v) is 6.01. The Morgan fingerprint density at radius 1 is 0.930 bits per heavy atom. The Hall–Kier alpha value is -3.86. The third-order valence-corrected chi connectivity index (χ3v) is 8.95. The lowest BCUT2D eigenvalue weighted by Gasteiger charge is -2.33. The Balaban J connectivity index is 2.11. The Labute approximate surface area is 251 Å². The summed E-state index contributed by atoms with van der Waals surface area (Å²) >= 11 is 0. The van der Waals surface area contributed by atoms with Crippen molar-refractivity contribution in [1.29, 1.82) is 0 Å². The highest BCUT2D eigenvalue weighted by Crippen LogP contribution is 2.33. The molecule has 7 nitrogen and oxygen atoms in total. The van der Waals surface area contributed by atoms with E-state index in [1.807, 2.05) is 32.0 Å². The van der Waals surface area contributed by atoms with Crippen LogP contribution < -0.4 is 9.62 Å². The average molecular weight is 618 g/mol. The number of carbonyl (C=O) groups is 2. The second-order valence-corrected chi connectivity index (χ2v) is 12.3. The number of aryl methyl sites for hydroxylation is 2. The van der Waals surface area contributed by atoms with Crippen LogP contribution in [0, 0.1) is 13.8 Å². The molecule has 11 heteroatoms. The molecule has 3 aromatic carbocycles. The fourth-order valence-electron chi connectivity index (χ4n) is 4.60. The number of carbonyl (C=O) groups excluding carboxylic acids is 2. The molecule has 2 amide bonds. The first-order valence-electron chi connectivity index (χ1n) is 14.2. The predicted molar refractivity (Wildman–Crippen MR) is 161 cm³/mol. The molecule has 43 heavy (non-hydrogen) atoms. The van der Waals surface area contributed by atoms with E-state index in [9.17, 15) is 31.2 Å². The summed E-state index contributed by atoms with van der Waals surface area (Å²) < 4.78 is 69.5. The Bertz CT molecular complexity index is 1510. The SMILES string of the molecule is CCCCNC(=O)[C@@H](CC)N(Cc1ccccc1C)C(=O)CN(c1cccc(C(F)(F)F)c1)S(=O)(=O)c1ccc(C)cc1. The van der Waals surface area contributed by atoms with Crippen molar-refractivity contribution in [2.75, 3.05) is 17.4 Å². The maximum atomic E-state index is 14.1. The number of alkyl halides is 3. The monoisotopic (exact) mass is 617 g/mol. The average Bonchev–Trinajstić information content (AvgIpc) is 2.96. The maximum absolute atomic E-state index is 14.1. The molecule has 0 aliphatic heterocycles. The number of nitrogens with zero attached hydrogens (tertiary/aromatic N) is 2. The Morgan fingerprint density at radius 2 is 1.60 bits per heavy atom. The summed E-state index contributed by atoms with van der Waals surface area (Å²) in [5.74, 6) is -1.11. The predicted octanol–water partition coefficient (Wildman–Crippen LogP) is 6.24. The molecule has 0 aliphatic rings. The summed E-state index contributed by atoms with van der Waals surface area (Å²) in [6.45, 7) is 6.95. The van der Waals surface area contributed by atoms with Gasteiger partial charge < -0.3 is 10.2 Å². The lowest BCUT2D eigenvalue weighted by atomic mass is 10.1. The van der Waals surface area contributed by atoms with Gasteiger partial charge in [-0.25, -0.2) is 8.42 Å². The van der Waals surface area contributed by atoms with Crippen LogP contribution in [-0.2, 0) is 32.3 Å². The van der Waals surface area contributed by atoms with Crippen molar-refractivity contribution in [1.82, 2.24) is 10.2 Å².